The predicted molar refractivity (Wildman–Crippen MR) is 112 cm³/mol. The summed E-state index contributed by atoms with van der Waals surface area (Å²) in [5.74, 6) is 2.34. The molecule has 1 heterocycles. The number of methoxy groups -OCH3 is 3. The normalized spacial score (nSPS) is 10.4. The van der Waals surface area contributed by atoms with E-state index in [1.807, 2.05) is 6.92 Å². The number of nitrogens with zero attached hydrogens (tertiary/aromatic N) is 2. The number of hydrogen-bond donors (Lipinski definition) is 0. The van der Waals surface area contributed by atoms with Crippen LogP contribution in [0.5, 0.6) is 28.7 Å². The molecule has 0 spiro atoms. The van der Waals surface area contributed by atoms with Crippen LogP contribution in [-0.4, -0.2) is 50.7 Å². The van der Waals surface area contributed by atoms with E-state index in [0.29, 0.717) is 35.2 Å². The molecule has 1 aromatic heterocycles. The smallest absolute Gasteiger partial charge is 0.344 e. The molecule has 0 amide bonds. The lowest BCUT2D eigenvalue weighted by molar-refractivity contribution is -0.148. The van der Waals surface area contributed by atoms with Crippen molar-refractivity contribution in [2.75, 3.05) is 34.5 Å². The van der Waals surface area contributed by atoms with Crippen molar-refractivity contribution in [3.8, 4) is 40.2 Å². The predicted octanol–water partition coefficient (Wildman–Crippen LogP) is 3.28. The SMILES string of the molecule is CCOc1ccc(OCC(=O)OCc2nnc(-c3cc(OC)c(OC)c(OC)c3)o2)cc1. The molecule has 32 heavy (non-hydrogen) atoms. The maximum absolute atomic E-state index is 12.0. The Kier molecular flexibility index (Phi) is 7.74. The summed E-state index contributed by atoms with van der Waals surface area (Å²) >= 11 is 0. The number of aromatic nitrogens is 2. The summed E-state index contributed by atoms with van der Waals surface area (Å²) in [4.78, 5) is 12.0. The third-order valence-electron chi connectivity index (χ3n) is 4.23. The van der Waals surface area contributed by atoms with Crippen LogP contribution in [0.15, 0.2) is 40.8 Å². The highest BCUT2D eigenvalue weighted by atomic mass is 16.6. The van der Waals surface area contributed by atoms with E-state index < -0.39 is 5.97 Å². The van der Waals surface area contributed by atoms with E-state index in [0.717, 1.165) is 5.75 Å². The van der Waals surface area contributed by atoms with Gasteiger partial charge in [-0.1, -0.05) is 0 Å². The van der Waals surface area contributed by atoms with Gasteiger partial charge in [0.1, 0.15) is 11.5 Å². The highest BCUT2D eigenvalue weighted by Crippen LogP contribution is 2.40. The van der Waals surface area contributed by atoms with Crippen LogP contribution in [-0.2, 0) is 16.1 Å². The molecular formula is C22H24N2O8. The summed E-state index contributed by atoms with van der Waals surface area (Å²) in [7, 11) is 4.53. The van der Waals surface area contributed by atoms with Crippen LogP contribution in [0.25, 0.3) is 11.5 Å². The molecule has 3 aromatic rings. The second-order valence-corrected chi connectivity index (χ2v) is 6.27. The van der Waals surface area contributed by atoms with E-state index >= 15 is 0 Å². The van der Waals surface area contributed by atoms with Crippen molar-refractivity contribution in [1.82, 2.24) is 10.2 Å². The van der Waals surface area contributed by atoms with Gasteiger partial charge < -0.3 is 32.8 Å². The molecule has 0 fully saturated rings. The fourth-order valence-corrected chi connectivity index (χ4v) is 2.76. The first-order valence-electron chi connectivity index (χ1n) is 9.72. The summed E-state index contributed by atoms with van der Waals surface area (Å²) in [6.45, 7) is 2.02. The molecule has 0 saturated carbocycles. The van der Waals surface area contributed by atoms with Crippen LogP contribution >= 0.6 is 0 Å². The van der Waals surface area contributed by atoms with Gasteiger partial charge in [-0.3, -0.25) is 0 Å². The van der Waals surface area contributed by atoms with Crippen LogP contribution in [0, 0.1) is 0 Å². The van der Waals surface area contributed by atoms with Gasteiger partial charge in [-0.15, -0.1) is 10.2 Å². The maximum Gasteiger partial charge on any atom is 0.344 e. The molecule has 0 unspecified atom stereocenters. The van der Waals surface area contributed by atoms with E-state index in [4.69, 9.17) is 32.8 Å². The van der Waals surface area contributed by atoms with Gasteiger partial charge in [0.25, 0.3) is 5.89 Å². The number of benzene rings is 2. The molecule has 0 atom stereocenters. The summed E-state index contributed by atoms with van der Waals surface area (Å²) in [5.41, 5.74) is 0.559. The monoisotopic (exact) mass is 444 g/mol. The molecule has 0 saturated heterocycles. The van der Waals surface area contributed by atoms with E-state index in [-0.39, 0.29) is 25.0 Å². The minimum Gasteiger partial charge on any atom is -0.494 e. The van der Waals surface area contributed by atoms with Crippen LogP contribution in [0.2, 0.25) is 0 Å². The Morgan fingerprint density at radius 1 is 0.906 bits per heavy atom. The Bertz CT molecular complexity index is 1010. The van der Waals surface area contributed by atoms with Gasteiger partial charge in [-0.05, 0) is 43.3 Å². The first-order valence-corrected chi connectivity index (χ1v) is 9.72. The van der Waals surface area contributed by atoms with Crippen molar-refractivity contribution >= 4 is 5.97 Å². The minimum absolute atomic E-state index is 0.128. The molecule has 0 radical (unpaired) electrons. The van der Waals surface area contributed by atoms with Gasteiger partial charge >= 0.3 is 5.97 Å². The van der Waals surface area contributed by atoms with Gasteiger partial charge in [0.05, 0.1) is 27.9 Å². The van der Waals surface area contributed by atoms with Crippen molar-refractivity contribution in [2.24, 2.45) is 0 Å². The summed E-state index contributed by atoms with van der Waals surface area (Å²) in [6, 6.07) is 10.3. The zero-order valence-corrected chi connectivity index (χ0v) is 18.2. The molecule has 0 aliphatic carbocycles. The van der Waals surface area contributed by atoms with Gasteiger partial charge in [-0.25, -0.2) is 4.79 Å². The molecule has 0 N–H and O–H groups in total. The lowest BCUT2D eigenvalue weighted by Gasteiger charge is -2.12. The standard InChI is InChI=1S/C22H24N2O8/c1-5-29-15-6-8-16(9-7-15)30-13-20(25)31-12-19-23-24-22(32-19)14-10-17(26-2)21(28-4)18(11-14)27-3/h6-11H,5,12-13H2,1-4H3. The zero-order chi connectivity index (χ0) is 22.9. The van der Waals surface area contributed by atoms with E-state index in [2.05, 4.69) is 10.2 Å². The quantitative estimate of drug-likeness (QED) is 0.408. The third-order valence-corrected chi connectivity index (χ3v) is 4.23. The van der Waals surface area contributed by atoms with Gasteiger partial charge in [0.15, 0.2) is 24.7 Å². The number of carbonyl (C=O) groups is 1. The number of carbonyl (C=O) groups excluding carboxylic acids is 1. The fourth-order valence-electron chi connectivity index (χ4n) is 2.76. The topological polar surface area (TPSA) is 111 Å². The lowest BCUT2D eigenvalue weighted by atomic mass is 10.2. The van der Waals surface area contributed by atoms with E-state index in [1.54, 1.807) is 36.4 Å². The summed E-state index contributed by atoms with van der Waals surface area (Å²) < 4.78 is 37.4. The van der Waals surface area contributed by atoms with Crippen molar-refractivity contribution < 1.29 is 37.6 Å². The second-order valence-electron chi connectivity index (χ2n) is 6.27. The average Bonchev–Trinajstić information content (AvgIpc) is 3.30. The van der Waals surface area contributed by atoms with Crippen LogP contribution < -0.4 is 23.7 Å². The summed E-state index contributed by atoms with van der Waals surface area (Å²) in [5, 5.41) is 7.89. The Hall–Kier alpha value is -3.95. The highest BCUT2D eigenvalue weighted by molar-refractivity contribution is 5.71. The van der Waals surface area contributed by atoms with Gasteiger partial charge in [0.2, 0.25) is 11.6 Å². The van der Waals surface area contributed by atoms with Gasteiger partial charge in [0, 0.05) is 5.56 Å². The van der Waals surface area contributed by atoms with E-state index in [9.17, 15) is 4.79 Å². The van der Waals surface area contributed by atoms with E-state index in [1.165, 1.54) is 21.3 Å². The van der Waals surface area contributed by atoms with Crippen LogP contribution in [0.1, 0.15) is 12.8 Å². The maximum atomic E-state index is 12.0. The van der Waals surface area contributed by atoms with Crippen molar-refractivity contribution in [3.05, 3.63) is 42.3 Å². The van der Waals surface area contributed by atoms with Crippen LogP contribution in [0.4, 0.5) is 0 Å². The van der Waals surface area contributed by atoms with Crippen molar-refractivity contribution in [2.45, 2.75) is 13.5 Å². The lowest BCUT2D eigenvalue weighted by Crippen LogP contribution is -2.14. The molecule has 2 aromatic carbocycles. The molecule has 10 nitrogen and oxygen atoms in total. The van der Waals surface area contributed by atoms with Crippen LogP contribution in [0.3, 0.4) is 0 Å². The molecule has 0 aliphatic heterocycles. The molecule has 0 bridgehead atoms. The van der Waals surface area contributed by atoms with Gasteiger partial charge in [-0.2, -0.15) is 0 Å². The first kappa shape index (κ1) is 22.7. The Balaban J connectivity index is 1.56. The number of rotatable bonds is 11. The van der Waals surface area contributed by atoms with Crippen molar-refractivity contribution in [1.29, 1.82) is 0 Å². The highest BCUT2D eigenvalue weighted by Gasteiger charge is 2.18. The molecule has 10 heteroatoms. The minimum atomic E-state index is -0.577. The number of hydrogen-bond acceptors (Lipinski definition) is 10. The third kappa shape index (κ3) is 5.60. The number of ether oxygens (including phenoxy) is 6. The first-order chi connectivity index (χ1) is 15.6. The second kappa shape index (κ2) is 10.9. The average molecular weight is 444 g/mol. The molecule has 170 valence electrons. The number of esters is 1. The van der Waals surface area contributed by atoms with Crippen molar-refractivity contribution in [3.63, 3.8) is 0 Å². The zero-order valence-electron chi connectivity index (χ0n) is 18.2. The Morgan fingerprint density at radius 3 is 2.09 bits per heavy atom. The Morgan fingerprint density at radius 2 is 1.53 bits per heavy atom. The fraction of sp³-hybridized carbons (Fsp3) is 0.318. The molecule has 0 aliphatic rings. The molecule has 3 rings (SSSR count). The Labute approximate surface area is 185 Å². The largest absolute Gasteiger partial charge is 0.494 e. The molecular weight excluding hydrogens is 420 g/mol. The summed E-state index contributed by atoms with van der Waals surface area (Å²) in [6.07, 6.45) is 0.